The Kier molecular flexibility index (Phi) is 6.71. The van der Waals surface area contributed by atoms with Gasteiger partial charge in [-0.05, 0) is 44.2 Å². The minimum atomic E-state index is 0.174. The highest BCUT2D eigenvalue weighted by molar-refractivity contribution is 5.76. The maximum absolute atomic E-state index is 12.7. The standard InChI is InChI=1S/C19H26N4O3/c1-25-13-5-8-16-7-2-3-12-23(16)18(24)10-9-17-21-19(22-26-17)15-6-4-11-20-14-15/h4,6,11,14,16H,2-3,5,7-10,12-13H2,1H3/t16-/m1/s1. The van der Waals surface area contributed by atoms with E-state index in [-0.39, 0.29) is 5.91 Å². The van der Waals surface area contributed by atoms with Crippen LogP contribution < -0.4 is 0 Å². The van der Waals surface area contributed by atoms with Crippen molar-refractivity contribution in [1.29, 1.82) is 0 Å². The first kappa shape index (κ1) is 18.5. The van der Waals surface area contributed by atoms with Crippen molar-refractivity contribution in [3.63, 3.8) is 0 Å². The van der Waals surface area contributed by atoms with Gasteiger partial charge in [0, 0.05) is 57.1 Å². The molecule has 1 aliphatic heterocycles. The van der Waals surface area contributed by atoms with Crippen LogP contribution in [-0.4, -0.2) is 52.2 Å². The van der Waals surface area contributed by atoms with Crippen molar-refractivity contribution in [1.82, 2.24) is 20.0 Å². The molecule has 2 aromatic heterocycles. The molecule has 3 heterocycles. The molecule has 140 valence electrons. The number of rotatable bonds is 8. The van der Waals surface area contributed by atoms with Crippen LogP contribution in [0.3, 0.4) is 0 Å². The zero-order valence-corrected chi connectivity index (χ0v) is 15.3. The Morgan fingerprint density at radius 2 is 2.35 bits per heavy atom. The minimum Gasteiger partial charge on any atom is -0.385 e. The Labute approximate surface area is 153 Å². The van der Waals surface area contributed by atoms with E-state index in [4.69, 9.17) is 9.26 Å². The monoisotopic (exact) mass is 358 g/mol. The van der Waals surface area contributed by atoms with E-state index in [0.29, 0.717) is 30.6 Å². The van der Waals surface area contributed by atoms with Gasteiger partial charge in [-0.1, -0.05) is 5.16 Å². The van der Waals surface area contributed by atoms with Crippen LogP contribution in [0.1, 0.15) is 44.4 Å². The second-order valence-corrected chi connectivity index (χ2v) is 6.63. The number of aromatic nitrogens is 3. The Bertz CT molecular complexity index is 689. The molecule has 1 amide bonds. The summed E-state index contributed by atoms with van der Waals surface area (Å²) in [5, 5.41) is 3.98. The third-order valence-electron chi connectivity index (χ3n) is 4.77. The molecule has 7 nitrogen and oxygen atoms in total. The minimum absolute atomic E-state index is 0.174. The number of piperidine rings is 1. The summed E-state index contributed by atoms with van der Waals surface area (Å²) in [5.41, 5.74) is 0.808. The fraction of sp³-hybridized carbons (Fsp3) is 0.579. The molecule has 0 spiro atoms. The van der Waals surface area contributed by atoms with Crippen molar-refractivity contribution in [2.24, 2.45) is 0 Å². The van der Waals surface area contributed by atoms with E-state index in [1.807, 2.05) is 17.0 Å². The molecule has 3 rings (SSSR count). The second kappa shape index (κ2) is 9.43. The van der Waals surface area contributed by atoms with E-state index in [2.05, 4.69) is 15.1 Å². The Morgan fingerprint density at radius 1 is 1.42 bits per heavy atom. The molecule has 7 heteroatoms. The van der Waals surface area contributed by atoms with Gasteiger partial charge in [-0.2, -0.15) is 4.98 Å². The normalized spacial score (nSPS) is 17.4. The highest BCUT2D eigenvalue weighted by Crippen LogP contribution is 2.22. The number of hydrogen-bond donors (Lipinski definition) is 0. The molecule has 1 atom stereocenters. The topological polar surface area (TPSA) is 81.4 Å². The Hall–Kier alpha value is -2.28. The van der Waals surface area contributed by atoms with Crippen LogP contribution in [0.5, 0.6) is 0 Å². The van der Waals surface area contributed by atoms with Crippen LogP contribution in [0, 0.1) is 0 Å². The predicted octanol–water partition coefficient (Wildman–Crippen LogP) is 2.87. The van der Waals surface area contributed by atoms with Gasteiger partial charge in [0.15, 0.2) is 0 Å². The molecule has 26 heavy (non-hydrogen) atoms. The quantitative estimate of drug-likeness (QED) is 0.675. The number of pyridine rings is 1. The Balaban J connectivity index is 1.53. The summed E-state index contributed by atoms with van der Waals surface area (Å²) in [4.78, 5) is 23.2. The van der Waals surface area contributed by atoms with E-state index >= 15 is 0 Å². The first-order valence-electron chi connectivity index (χ1n) is 9.29. The molecule has 1 saturated heterocycles. The molecular formula is C19H26N4O3. The number of carbonyl (C=O) groups excluding carboxylic acids is 1. The zero-order chi connectivity index (χ0) is 18.2. The lowest BCUT2D eigenvalue weighted by Crippen LogP contribution is -2.43. The highest BCUT2D eigenvalue weighted by Gasteiger charge is 2.26. The highest BCUT2D eigenvalue weighted by atomic mass is 16.5. The van der Waals surface area contributed by atoms with Gasteiger partial charge in [0.25, 0.3) is 0 Å². The second-order valence-electron chi connectivity index (χ2n) is 6.63. The van der Waals surface area contributed by atoms with Crippen molar-refractivity contribution >= 4 is 5.91 Å². The first-order valence-corrected chi connectivity index (χ1v) is 9.29. The lowest BCUT2D eigenvalue weighted by molar-refractivity contribution is -0.135. The maximum atomic E-state index is 12.7. The summed E-state index contributed by atoms with van der Waals surface area (Å²) in [6.45, 7) is 1.60. The average molecular weight is 358 g/mol. The van der Waals surface area contributed by atoms with Crippen LogP contribution in [0.15, 0.2) is 29.0 Å². The Morgan fingerprint density at radius 3 is 3.15 bits per heavy atom. The lowest BCUT2D eigenvalue weighted by Gasteiger charge is -2.36. The molecule has 0 N–H and O–H groups in total. The van der Waals surface area contributed by atoms with Crippen LogP contribution in [0.25, 0.3) is 11.4 Å². The number of carbonyl (C=O) groups is 1. The van der Waals surface area contributed by atoms with Gasteiger partial charge in [-0.25, -0.2) is 0 Å². The fourth-order valence-electron chi connectivity index (χ4n) is 3.42. The molecule has 1 fully saturated rings. The number of methoxy groups -OCH3 is 1. The van der Waals surface area contributed by atoms with Crippen LogP contribution in [-0.2, 0) is 16.0 Å². The van der Waals surface area contributed by atoms with E-state index in [1.165, 1.54) is 6.42 Å². The van der Waals surface area contributed by atoms with Crippen molar-refractivity contribution in [3.05, 3.63) is 30.4 Å². The lowest BCUT2D eigenvalue weighted by atomic mass is 9.97. The third kappa shape index (κ3) is 4.88. The molecule has 0 aromatic carbocycles. The summed E-state index contributed by atoms with van der Waals surface area (Å²) in [6.07, 6.45) is 9.61. The van der Waals surface area contributed by atoms with Gasteiger partial charge >= 0.3 is 0 Å². The van der Waals surface area contributed by atoms with Gasteiger partial charge in [0.05, 0.1) is 0 Å². The van der Waals surface area contributed by atoms with Crippen molar-refractivity contribution in [2.45, 2.75) is 51.0 Å². The van der Waals surface area contributed by atoms with Crippen LogP contribution in [0.2, 0.25) is 0 Å². The van der Waals surface area contributed by atoms with E-state index in [0.717, 1.165) is 44.4 Å². The summed E-state index contributed by atoms with van der Waals surface area (Å²) in [7, 11) is 1.72. The number of likely N-dealkylation sites (tertiary alicyclic amines) is 1. The first-order chi connectivity index (χ1) is 12.8. The van der Waals surface area contributed by atoms with Crippen molar-refractivity contribution < 1.29 is 14.1 Å². The number of nitrogens with zero attached hydrogens (tertiary/aromatic N) is 4. The largest absolute Gasteiger partial charge is 0.385 e. The summed E-state index contributed by atoms with van der Waals surface area (Å²) in [6, 6.07) is 4.04. The van der Waals surface area contributed by atoms with Gasteiger partial charge in [0.2, 0.25) is 17.6 Å². The smallest absolute Gasteiger partial charge is 0.227 e. The van der Waals surface area contributed by atoms with Crippen molar-refractivity contribution in [2.75, 3.05) is 20.3 Å². The van der Waals surface area contributed by atoms with Crippen LogP contribution in [0.4, 0.5) is 0 Å². The van der Waals surface area contributed by atoms with Crippen molar-refractivity contribution in [3.8, 4) is 11.4 Å². The zero-order valence-electron chi connectivity index (χ0n) is 15.3. The molecule has 0 bridgehead atoms. The van der Waals surface area contributed by atoms with Gasteiger partial charge in [0.1, 0.15) is 0 Å². The summed E-state index contributed by atoms with van der Waals surface area (Å²) in [5.74, 6) is 1.18. The maximum Gasteiger partial charge on any atom is 0.227 e. The summed E-state index contributed by atoms with van der Waals surface area (Å²) >= 11 is 0. The molecule has 2 aromatic rings. The third-order valence-corrected chi connectivity index (χ3v) is 4.77. The van der Waals surface area contributed by atoms with E-state index in [9.17, 15) is 4.79 Å². The van der Waals surface area contributed by atoms with Crippen LogP contribution >= 0.6 is 0 Å². The van der Waals surface area contributed by atoms with Gasteiger partial charge in [-0.15, -0.1) is 0 Å². The van der Waals surface area contributed by atoms with E-state index in [1.54, 1.807) is 19.5 Å². The molecule has 0 saturated carbocycles. The van der Waals surface area contributed by atoms with E-state index < -0.39 is 0 Å². The molecule has 0 aliphatic carbocycles. The fourth-order valence-corrected chi connectivity index (χ4v) is 3.42. The average Bonchev–Trinajstić information content (AvgIpc) is 3.16. The van der Waals surface area contributed by atoms with Gasteiger partial charge in [-0.3, -0.25) is 9.78 Å². The van der Waals surface area contributed by atoms with Gasteiger partial charge < -0.3 is 14.2 Å². The number of aryl methyl sites for hydroxylation is 1. The molecular weight excluding hydrogens is 332 g/mol. The number of hydrogen-bond acceptors (Lipinski definition) is 6. The summed E-state index contributed by atoms with van der Waals surface area (Å²) < 4.78 is 10.4. The predicted molar refractivity (Wildman–Crippen MR) is 96.3 cm³/mol. The number of ether oxygens (including phenoxy) is 1. The molecule has 0 radical (unpaired) electrons. The molecule has 1 aliphatic rings. The number of amides is 1. The SMILES string of the molecule is COCCC[C@H]1CCCCN1C(=O)CCc1nc(-c2cccnc2)no1. The molecule has 0 unspecified atom stereocenters.